The van der Waals surface area contributed by atoms with Crippen LogP contribution >= 0.6 is 0 Å². The molecule has 0 aromatic rings. The molecule has 0 amide bonds. The average molecular weight is 185 g/mol. The van der Waals surface area contributed by atoms with Crippen molar-refractivity contribution in [3.05, 3.63) is 0 Å². The van der Waals surface area contributed by atoms with Gasteiger partial charge < -0.3 is 5.73 Å². The van der Waals surface area contributed by atoms with Crippen LogP contribution in [0.4, 0.5) is 0 Å². The van der Waals surface area contributed by atoms with Crippen LogP contribution in [0.3, 0.4) is 0 Å². The maximum Gasteiger partial charge on any atom is 0.00671 e. The Morgan fingerprint density at radius 3 is 1.85 bits per heavy atom. The van der Waals surface area contributed by atoms with E-state index in [1.807, 2.05) is 0 Å². The van der Waals surface area contributed by atoms with E-state index in [9.17, 15) is 0 Å². The van der Waals surface area contributed by atoms with E-state index < -0.39 is 0 Å². The molecule has 2 unspecified atom stereocenters. The lowest BCUT2D eigenvalue weighted by molar-refractivity contribution is 0.283. The highest BCUT2D eigenvalue weighted by Gasteiger charge is 2.19. The van der Waals surface area contributed by atoms with Crippen LogP contribution in [0, 0.1) is 17.3 Å². The molecule has 0 saturated heterocycles. The third kappa shape index (κ3) is 6.09. The van der Waals surface area contributed by atoms with Crippen molar-refractivity contribution < 1.29 is 0 Å². The van der Waals surface area contributed by atoms with Gasteiger partial charge in [0.05, 0.1) is 0 Å². The van der Waals surface area contributed by atoms with Gasteiger partial charge >= 0.3 is 0 Å². The van der Waals surface area contributed by atoms with E-state index in [-0.39, 0.29) is 0 Å². The molecule has 0 bridgehead atoms. The molecular formula is C12H27N. The van der Waals surface area contributed by atoms with Crippen molar-refractivity contribution in [2.24, 2.45) is 23.0 Å². The zero-order valence-corrected chi connectivity index (χ0v) is 10.2. The van der Waals surface area contributed by atoms with Crippen LogP contribution < -0.4 is 5.73 Å². The molecule has 0 rings (SSSR count). The second-order valence-corrected chi connectivity index (χ2v) is 5.87. The molecule has 0 fully saturated rings. The van der Waals surface area contributed by atoms with Crippen LogP contribution in [0.25, 0.3) is 0 Å². The van der Waals surface area contributed by atoms with E-state index in [1.165, 1.54) is 6.42 Å². The van der Waals surface area contributed by atoms with Gasteiger partial charge in [-0.2, -0.15) is 0 Å². The summed E-state index contributed by atoms with van der Waals surface area (Å²) in [6, 6.07) is 0.374. The fraction of sp³-hybridized carbons (Fsp3) is 1.00. The van der Waals surface area contributed by atoms with Crippen LogP contribution in [0.5, 0.6) is 0 Å². The molecule has 0 aliphatic carbocycles. The monoisotopic (exact) mass is 185 g/mol. The Bertz CT molecular complexity index is 133. The standard InChI is InChI=1S/C12H27N/c1-9(2)10(3)11(13)7-8-12(4,5)6/h9-11H,7-8,13H2,1-6H3. The van der Waals surface area contributed by atoms with Crippen LogP contribution in [0.1, 0.15) is 54.4 Å². The van der Waals surface area contributed by atoms with E-state index in [2.05, 4.69) is 41.5 Å². The largest absolute Gasteiger partial charge is 0.327 e. The van der Waals surface area contributed by atoms with Gasteiger partial charge in [0.1, 0.15) is 0 Å². The highest BCUT2D eigenvalue weighted by atomic mass is 14.6. The summed E-state index contributed by atoms with van der Waals surface area (Å²) in [5.41, 5.74) is 6.55. The Morgan fingerprint density at radius 1 is 1.08 bits per heavy atom. The number of nitrogens with two attached hydrogens (primary N) is 1. The van der Waals surface area contributed by atoms with Crippen LogP contribution in [0.15, 0.2) is 0 Å². The quantitative estimate of drug-likeness (QED) is 0.713. The highest BCUT2D eigenvalue weighted by molar-refractivity contribution is 4.74. The SMILES string of the molecule is CC(C)C(C)C(N)CCC(C)(C)C. The molecule has 0 radical (unpaired) electrons. The molecule has 0 saturated carbocycles. The maximum absolute atomic E-state index is 6.13. The molecule has 0 aliphatic heterocycles. The molecular weight excluding hydrogens is 158 g/mol. The van der Waals surface area contributed by atoms with Gasteiger partial charge in [0.2, 0.25) is 0 Å². The lowest BCUT2D eigenvalue weighted by Crippen LogP contribution is -2.32. The Balaban J connectivity index is 3.81. The van der Waals surface area contributed by atoms with Crippen molar-refractivity contribution in [1.82, 2.24) is 0 Å². The van der Waals surface area contributed by atoms with Gasteiger partial charge in [-0.15, -0.1) is 0 Å². The molecule has 0 aliphatic rings. The number of hydrogen-bond donors (Lipinski definition) is 1. The highest BCUT2D eigenvalue weighted by Crippen LogP contribution is 2.24. The van der Waals surface area contributed by atoms with E-state index in [4.69, 9.17) is 5.73 Å². The van der Waals surface area contributed by atoms with Gasteiger partial charge in [-0.05, 0) is 30.1 Å². The molecule has 1 heteroatoms. The number of rotatable bonds is 4. The van der Waals surface area contributed by atoms with Crippen LogP contribution in [-0.2, 0) is 0 Å². The Kier molecular flexibility index (Phi) is 4.98. The van der Waals surface area contributed by atoms with Gasteiger partial charge in [-0.3, -0.25) is 0 Å². The van der Waals surface area contributed by atoms with Crippen molar-refractivity contribution in [2.45, 2.75) is 60.4 Å². The summed E-state index contributed by atoms with van der Waals surface area (Å²) < 4.78 is 0. The fourth-order valence-corrected chi connectivity index (χ4v) is 1.36. The minimum Gasteiger partial charge on any atom is -0.327 e. The van der Waals surface area contributed by atoms with Crippen molar-refractivity contribution >= 4 is 0 Å². The predicted octanol–water partition coefficient (Wildman–Crippen LogP) is 3.43. The molecule has 1 nitrogen and oxygen atoms in total. The molecule has 13 heavy (non-hydrogen) atoms. The van der Waals surface area contributed by atoms with E-state index in [0.717, 1.165) is 6.42 Å². The van der Waals surface area contributed by atoms with E-state index >= 15 is 0 Å². The Labute approximate surface area is 84.1 Å². The minimum atomic E-state index is 0.374. The number of hydrogen-bond acceptors (Lipinski definition) is 1. The van der Waals surface area contributed by atoms with Gasteiger partial charge in [0.15, 0.2) is 0 Å². The molecule has 80 valence electrons. The summed E-state index contributed by atoms with van der Waals surface area (Å²) in [6.45, 7) is 13.6. The first-order valence-electron chi connectivity index (χ1n) is 5.49. The van der Waals surface area contributed by atoms with Crippen molar-refractivity contribution in [2.75, 3.05) is 0 Å². The summed E-state index contributed by atoms with van der Waals surface area (Å²) in [5.74, 6) is 1.34. The lowest BCUT2D eigenvalue weighted by atomic mass is 9.83. The molecule has 0 aromatic heterocycles. The average Bonchev–Trinajstić information content (AvgIpc) is 1.97. The molecule has 2 atom stereocenters. The maximum atomic E-state index is 6.13. The van der Waals surface area contributed by atoms with Crippen LogP contribution in [-0.4, -0.2) is 6.04 Å². The summed E-state index contributed by atoms with van der Waals surface area (Å²) >= 11 is 0. The fourth-order valence-electron chi connectivity index (χ4n) is 1.36. The van der Waals surface area contributed by atoms with Gasteiger partial charge in [0, 0.05) is 6.04 Å². The summed E-state index contributed by atoms with van der Waals surface area (Å²) in [5, 5.41) is 0. The molecule has 0 spiro atoms. The second-order valence-electron chi connectivity index (χ2n) is 5.87. The Morgan fingerprint density at radius 2 is 1.54 bits per heavy atom. The van der Waals surface area contributed by atoms with Crippen LogP contribution in [0.2, 0.25) is 0 Å². The zero-order chi connectivity index (χ0) is 10.6. The topological polar surface area (TPSA) is 26.0 Å². The molecule has 0 aromatic carbocycles. The lowest BCUT2D eigenvalue weighted by Gasteiger charge is -2.26. The third-order valence-electron chi connectivity index (χ3n) is 2.95. The summed E-state index contributed by atoms with van der Waals surface area (Å²) in [4.78, 5) is 0. The van der Waals surface area contributed by atoms with E-state index in [1.54, 1.807) is 0 Å². The van der Waals surface area contributed by atoms with Crippen molar-refractivity contribution in [3.8, 4) is 0 Å². The minimum absolute atomic E-state index is 0.374. The first kappa shape index (κ1) is 13.0. The molecule has 2 N–H and O–H groups in total. The van der Waals surface area contributed by atoms with Gasteiger partial charge in [0.25, 0.3) is 0 Å². The Hall–Kier alpha value is -0.0400. The van der Waals surface area contributed by atoms with Gasteiger partial charge in [-0.25, -0.2) is 0 Å². The van der Waals surface area contributed by atoms with Crippen molar-refractivity contribution in [3.63, 3.8) is 0 Å². The normalized spacial score (nSPS) is 17.5. The predicted molar refractivity (Wildman–Crippen MR) is 60.7 cm³/mol. The smallest absolute Gasteiger partial charge is 0.00671 e. The van der Waals surface area contributed by atoms with Gasteiger partial charge in [-0.1, -0.05) is 41.5 Å². The third-order valence-corrected chi connectivity index (χ3v) is 2.95. The summed E-state index contributed by atoms with van der Waals surface area (Å²) in [6.07, 6.45) is 2.38. The molecule has 0 heterocycles. The van der Waals surface area contributed by atoms with E-state index in [0.29, 0.717) is 23.3 Å². The first-order valence-corrected chi connectivity index (χ1v) is 5.49. The van der Waals surface area contributed by atoms with Crippen molar-refractivity contribution in [1.29, 1.82) is 0 Å². The first-order chi connectivity index (χ1) is 5.74. The second kappa shape index (κ2) is 4.99. The summed E-state index contributed by atoms with van der Waals surface area (Å²) in [7, 11) is 0. The zero-order valence-electron chi connectivity index (χ0n) is 10.2.